The van der Waals surface area contributed by atoms with Gasteiger partial charge >= 0.3 is 30.5 Å². The Morgan fingerprint density at radius 2 is 1.49 bits per heavy atom. The van der Waals surface area contributed by atoms with Gasteiger partial charge in [0, 0.05) is 19.5 Å². The largest absolute Gasteiger partial charge is 0.452 e. The molecule has 1 fully saturated rings. The Kier molecular flexibility index (Phi) is 9.27. The SMILES string of the molecule is CC(F)(F)COC(=O)NC1CC(C)(C)CC(C)(CNC(=O)OCC(F)(F)OC(F)(F)C(O)(F)F)C1. The zero-order chi connectivity index (χ0) is 27.5. The molecule has 2 atom stereocenters. The van der Waals surface area contributed by atoms with Crippen molar-refractivity contribution in [2.75, 3.05) is 19.8 Å². The maximum Gasteiger partial charge on any atom is 0.452 e. The number of hydrogen-bond acceptors (Lipinski definition) is 6. The van der Waals surface area contributed by atoms with Crippen LogP contribution in [0.4, 0.5) is 44.7 Å². The monoisotopic (exact) mass is 532 g/mol. The number of alkyl halides is 8. The van der Waals surface area contributed by atoms with Gasteiger partial charge in [0.15, 0.2) is 13.2 Å². The smallest absolute Gasteiger partial charge is 0.443 e. The second-order valence-corrected chi connectivity index (χ2v) is 9.77. The molecule has 16 heteroatoms. The number of ether oxygens (including phenoxy) is 3. The van der Waals surface area contributed by atoms with Crippen LogP contribution in [0.1, 0.15) is 47.0 Å². The molecule has 8 nitrogen and oxygen atoms in total. The number of amides is 2. The number of carbonyl (C=O) groups is 2. The van der Waals surface area contributed by atoms with Crippen molar-refractivity contribution in [2.45, 2.75) is 77.2 Å². The van der Waals surface area contributed by atoms with Gasteiger partial charge in [0.25, 0.3) is 5.92 Å². The van der Waals surface area contributed by atoms with Crippen LogP contribution in [0.25, 0.3) is 0 Å². The van der Waals surface area contributed by atoms with Crippen molar-refractivity contribution in [1.82, 2.24) is 10.6 Å². The van der Waals surface area contributed by atoms with Gasteiger partial charge in [-0.05, 0) is 30.1 Å². The minimum Gasteiger partial charge on any atom is -0.443 e. The average Bonchev–Trinajstić information content (AvgIpc) is 2.59. The van der Waals surface area contributed by atoms with Crippen LogP contribution in [-0.4, -0.2) is 67.3 Å². The van der Waals surface area contributed by atoms with E-state index in [1.54, 1.807) is 6.92 Å². The zero-order valence-corrected chi connectivity index (χ0v) is 19.3. The molecule has 0 aliphatic heterocycles. The molecule has 0 spiro atoms. The third-order valence-electron chi connectivity index (χ3n) is 4.88. The van der Waals surface area contributed by atoms with Gasteiger partial charge in [0.2, 0.25) is 0 Å². The van der Waals surface area contributed by atoms with E-state index >= 15 is 0 Å². The van der Waals surface area contributed by atoms with Crippen LogP contribution in [0.3, 0.4) is 0 Å². The number of nitrogens with one attached hydrogen (secondary N) is 2. The van der Waals surface area contributed by atoms with Crippen molar-refractivity contribution in [1.29, 1.82) is 0 Å². The molecule has 35 heavy (non-hydrogen) atoms. The Balaban J connectivity index is 2.65. The van der Waals surface area contributed by atoms with Crippen LogP contribution in [0.5, 0.6) is 0 Å². The first-order chi connectivity index (χ1) is 15.4. The first kappa shape index (κ1) is 30.9. The van der Waals surface area contributed by atoms with E-state index in [0.29, 0.717) is 19.8 Å². The molecule has 0 heterocycles. The number of carbonyl (C=O) groups excluding carboxylic acids is 2. The third-order valence-corrected chi connectivity index (χ3v) is 4.88. The number of aliphatic hydroxyl groups is 1. The summed E-state index contributed by atoms with van der Waals surface area (Å²) in [6, 6.07) is -0.556. The number of hydrogen-bond donors (Lipinski definition) is 3. The molecule has 0 aromatic carbocycles. The van der Waals surface area contributed by atoms with E-state index in [-0.39, 0.29) is 13.0 Å². The summed E-state index contributed by atoms with van der Waals surface area (Å²) in [6.07, 6.45) is -18.4. The Morgan fingerprint density at radius 3 is 2.00 bits per heavy atom. The van der Waals surface area contributed by atoms with Crippen LogP contribution in [0.15, 0.2) is 0 Å². The molecule has 2 unspecified atom stereocenters. The summed E-state index contributed by atoms with van der Waals surface area (Å²) < 4.78 is 114. The molecule has 0 radical (unpaired) electrons. The predicted molar refractivity (Wildman–Crippen MR) is 102 cm³/mol. The maximum atomic E-state index is 13.3. The van der Waals surface area contributed by atoms with Crippen molar-refractivity contribution in [2.24, 2.45) is 10.8 Å². The number of halogens is 8. The second-order valence-electron chi connectivity index (χ2n) is 9.77. The quantitative estimate of drug-likeness (QED) is 0.359. The van der Waals surface area contributed by atoms with Gasteiger partial charge in [0.1, 0.15) is 0 Å². The fourth-order valence-corrected chi connectivity index (χ4v) is 4.04. The highest BCUT2D eigenvalue weighted by atomic mass is 19.3. The molecule has 0 aromatic heterocycles. The number of alkyl carbamates (subject to hydrolysis) is 2. The summed E-state index contributed by atoms with van der Waals surface area (Å²) in [6.45, 7) is 2.42. The molecule has 0 saturated heterocycles. The summed E-state index contributed by atoms with van der Waals surface area (Å²) in [7, 11) is 0. The fraction of sp³-hybridized carbons (Fsp3) is 0.895. The van der Waals surface area contributed by atoms with E-state index in [9.17, 15) is 44.7 Å². The van der Waals surface area contributed by atoms with Crippen molar-refractivity contribution in [3.63, 3.8) is 0 Å². The molecule has 2 amide bonds. The van der Waals surface area contributed by atoms with Crippen molar-refractivity contribution < 1.29 is 64.0 Å². The molecule has 1 aliphatic carbocycles. The number of rotatable bonds is 10. The standard InChI is InChI=1S/C19H28F8N2O6/c1-14(2)5-11(29-13(31)33-9-16(4,20)21)6-15(3,7-14)8-28-12(30)34-10-17(22,23)35-19(26,27)18(24,25)32/h11,32H,5-10H2,1-4H3,(H,28,30)(H,29,31). The lowest BCUT2D eigenvalue weighted by Gasteiger charge is -2.46. The minimum absolute atomic E-state index is 0.202. The summed E-state index contributed by atoms with van der Waals surface area (Å²) in [5, 5.41) is 12.5. The molecule has 1 saturated carbocycles. The topological polar surface area (TPSA) is 106 Å². The van der Waals surface area contributed by atoms with Crippen LogP contribution < -0.4 is 10.6 Å². The molecule has 1 rings (SSSR count). The van der Waals surface area contributed by atoms with Gasteiger partial charge in [-0.25, -0.2) is 23.1 Å². The Labute approximate surface area is 195 Å². The highest BCUT2D eigenvalue weighted by molar-refractivity contribution is 5.68. The fourth-order valence-electron chi connectivity index (χ4n) is 4.04. The van der Waals surface area contributed by atoms with Gasteiger partial charge in [-0.1, -0.05) is 20.8 Å². The van der Waals surface area contributed by atoms with Gasteiger partial charge in [-0.15, -0.1) is 0 Å². The molecule has 3 N–H and O–H groups in total. The summed E-state index contributed by atoms with van der Waals surface area (Å²) in [4.78, 5) is 23.6. The van der Waals surface area contributed by atoms with E-state index in [2.05, 4.69) is 24.8 Å². The summed E-state index contributed by atoms with van der Waals surface area (Å²) in [5.74, 6) is -3.22. The van der Waals surface area contributed by atoms with Gasteiger partial charge < -0.3 is 25.2 Å². The van der Waals surface area contributed by atoms with Crippen LogP contribution in [0, 0.1) is 10.8 Å². The minimum atomic E-state index is -5.95. The molecule has 206 valence electrons. The average molecular weight is 532 g/mol. The lowest BCUT2D eigenvalue weighted by Crippen LogP contribution is -2.51. The lowest BCUT2D eigenvalue weighted by molar-refractivity contribution is -0.475. The van der Waals surface area contributed by atoms with Crippen molar-refractivity contribution in [3.05, 3.63) is 0 Å². The summed E-state index contributed by atoms with van der Waals surface area (Å²) in [5.41, 5.74) is -1.19. The Hall–Kier alpha value is -2.10. The highest BCUT2D eigenvalue weighted by Crippen LogP contribution is 2.46. The van der Waals surface area contributed by atoms with Crippen molar-refractivity contribution >= 4 is 12.2 Å². The molecular formula is C19H28F8N2O6. The molecule has 0 bridgehead atoms. The highest BCUT2D eigenvalue weighted by Gasteiger charge is 2.62. The van der Waals surface area contributed by atoms with Crippen LogP contribution >= 0.6 is 0 Å². The van der Waals surface area contributed by atoms with Crippen LogP contribution in [0.2, 0.25) is 0 Å². The third kappa shape index (κ3) is 11.0. The Bertz CT molecular complexity index is 757. The van der Waals surface area contributed by atoms with E-state index in [0.717, 1.165) is 0 Å². The lowest BCUT2D eigenvalue weighted by atomic mass is 9.62. The van der Waals surface area contributed by atoms with Gasteiger partial charge in [0.05, 0.1) is 0 Å². The second kappa shape index (κ2) is 10.5. The predicted octanol–water partition coefficient (Wildman–Crippen LogP) is 4.47. The first-order valence-electron chi connectivity index (χ1n) is 10.2. The molecular weight excluding hydrogens is 504 g/mol. The van der Waals surface area contributed by atoms with E-state index < -0.39 is 66.5 Å². The van der Waals surface area contributed by atoms with Gasteiger partial charge in [-0.3, -0.25) is 0 Å². The van der Waals surface area contributed by atoms with E-state index in [1.165, 1.54) is 0 Å². The Morgan fingerprint density at radius 1 is 0.943 bits per heavy atom. The van der Waals surface area contributed by atoms with E-state index in [4.69, 9.17) is 5.11 Å². The zero-order valence-electron chi connectivity index (χ0n) is 19.3. The van der Waals surface area contributed by atoms with Gasteiger partial charge in [-0.2, -0.15) is 26.3 Å². The molecule has 0 aromatic rings. The normalized spacial score (nSPS) is 23.4. The first-order valence-corrected chi connectivity index (χ1v) is 10.2. The maximum absolute atomic E-state index is 13.3. The van der Waals surface area contributed by atoms with Crippen molar-refractivity contribution in [3.8, 4) is 0 Å². The van der Waals surface area contributed by atoms with Crippen LogP contribution in [-0.2, 0) is 14.2 Å². The molecule has 1 aliphatic rings. The summed E-state index contributed by atoms with van der Waals surface area (Å²) >= 11 is 0. The van der Waals surface area contributed by atoms with E-state index in [1.807, 2.05) is 13.8 Å².